The fourth-order valence-electron chi connectivity index (χ4n) is 2.41. The van der Waals surface area contributed by atoms with Crippen LogP contribution in [0.2, 0.25) is 0 Å². The van der Waals surface area contributed by atoms with Gasteiger partial charge in [0.05, 0.1) is 0 Å². The molecule has 0 aromatic heterocycles. The van der Waals surface area contributed by atoms with Crippen LogP contribution in [0.5, 0.6) is 0 Å². The van der Waals surface area contributed by atoms with Crippen LogP contribution in [-0.2, 0) is 4.79 Å². The molecule has 1 amide bonds. The molecule has 1 aliphatic rings. The molecular formula is C16H21N3O. The first-order valence-corrected chi connectivity index (χ1v) is 6.88. The topological polar surface area (TPSA) is 44.7 Å². The second kappa shape index (κ2) is 6.37. The summed E-state index contributed by atoms with van der Waals surface area (Å²) < 4.78 is 0. The summed E-state index contributed by atoms with van der Waals surface area (Å²) >= 11 is 0. The molecule has 1 aromatic rings. The molecule has 4 heteroatoms. The Balaban J connectivity index is 2.10. The van der Waals surface area contributed by atoms with Crippen molar-refractivity contribution in [2.24, 2.45) is 4.99 Å². The van der Waals surface area contributed by atoms with Crippen LogP contribution < -0.4 is 10.2 Å². The molecule has 0 bridgehead atoms. The Bertz CT molecular complexity index is 546. The van der Waals surface area contributed by atoms with Crippen molar-refractivity contribution in [1.82, 2.24) is 5.32 Å². The van der Waals surface area contributed by atoms with E-state index >= 15 is 0 Å². The van der Waals surface area contributed by atoms with Crippen molar-refractivity contribution in [1.29, 1.82) is 0 Å². The molecule has 0 fully saturated rings. The van der Waals surface area contributed by atoms with Gasteiger partial charge in [-0.05, 0) is 31.6 Å². The monoisotopic (exact) mass is 271 g/mol. The minimum absolute atomic E-state index is 0.0776. The van der Waals surface area contributed by atoms with Crippen molar-refractivity contribution < 1.29 is 4.79 Å². The predicted octanol–water partition coefficient (Wildman–Crippen LogP) is 2.73. The van der Waals surface area contributed by atoms with Crippen molar-refractivity contribution in [3.05, 3.63) is 41.6 Å². The maximum atomic E-state index is 11.0. The lowest BCUT2D eigenvalue weighted by molar-refractivity contribution is -0.117. The first-order chi connectivity index (χ1) is 9.56. The van der Waals surface area contributed by atoms with Gasteiger partial charge in [0, 0.05) is 37.8 Å². The van der Waals surface area contributed by atoms with Gasteiger partial charge in [-0.25, -0.2) is 4.99 Å². The van der Waals surface area contributed by atoms with Crippen LogP contribution in [0.4, 0.5) is 5.69 Å². The number of carbonyl (C=O) groups excluding carboxylic acids is 1. The molecule has 0 spiro atoms. The number of para-hydroxylation sites is 1. The van der Waals surface area contributed by atoms with E-state index in [4.69, 9.17) is 0 Å². The summed E-state index contributed by atoms with van der Waals surface area (Å²) in [5, 5.41) is 2.72. The van der Waals surface area contributed by atoms with Crippen LogP contribution in [0.25, 0.3) is 0 Å². The number of hydrogen-bond donors (Lipinski definition) is 1. The van der Waals surface area contributed by atoms with Gasteiger partial charge in [0.2, 0.25) is 5.91 Å². The summed E-state index contributed by atoms with van der Waals surface area (Å²) in [4.78, 5) is 17.9. The highest BCUT2D eigenvalue weighted by molar-refractivity contribution is 5.96. The lowest BCUT2D eigenvalue weighted by atomic mass is 10.1. The van der Waals surface area contributed by atoms with Gasteiger partial charge in [-0.3, -0.25) is 4.79 Å². The zero-order valence-corrected chi connectivity index (χ0v) is 12.3. The Kier molecular flexibility index (Phi) is 4.56. The first-order valence-electron chi connectivity index (χ1n) is 6.88. The molecular weight excluding hydrogens is 250 g/mol. The molecule has 2 rings (SSSR count). The summed E-state index contributed by atoms with van der Waals surface area (Å²) in [5.41, 5.74) is 3.58. The third kappa shape index (κ3) is 3.70. The fraction of sp³-hybridized carbons (Fsp3) is 0.375. The molecule has 0 saturated carbocycles. The van der Waals surface area contributed by atoms with Crippen molar-refractivity contribution in [3.63, 3.8) is 0 Å². The Morgan fingerprint density at radius 2 is 1.95 bits per heavy atom. The molecule has 0 aliphatic carbocycles. The van der Waals surface area contributed by atoms with Gasteiger partial charge in [0.15, 0.2) is 0 Å². The number of anilines is 1. The number of carbonyl (C=O) groups is 1. The Morgan fingerprint density at radius 3 is 2.55 bits per heavy atom. The van der Waals surface area contributed by atoms with Gasteiger partial charge in [0.25, 0.3) is 0 Å². The van der Waals surface area contributed by atoms with Crippen LogP contribution >= 0.6 is 0 Å². The van der Waals surface area contributed by atoms with Crippen LogP contribution in [0.1, 0.15) is 27.2 Å². The van der Waals surface area contributed by atoms with E-state index in [1.807, 2.05) is 13.0 Å². The van der Waals surface area contributed by atoms with Gasteiger partial charge in [0.1, 0.15) is 5.84 Å². The average molecular weight is 271 g/mol. The number of amidine groups is 1. The quantitative estimate of drug-likeness (QED) is 0.664. The van der Waals surface area contributed by atoms with Gasteiger partial charge in [-0.1, -0.05) is 18.2 Å². The Morgan fingerprint density at radius 1 is 1.25 bits per heavy atom. The number of benzene rings is 1. The average Bonchev–Trinajstić information content (AvgIpc) is 2.41. The van der Waals surface area contributed by atoms with Gasteiger partial charge in [-0.2, -0.15) is 0 Å². The lowest BCUT2D eigenvalue weighted by Crippen LogP contribution is -2.31. The molecule has 1 heterocycles. The smallest absolute Gasteiger partial charge is 0.222 e. The highest BCUT2D eigenvalue weighted by Crippen LogP contribution is 2.23. The maximum Gasteiger partial charge on any atom is 0.222 e. The third-order valence-corrected chi connectivity index (χ3v) is 3.32. The largest absolute Gasteiger partial charge is 0.367 e. The summed E-state index contributed by atoms with van der Waals surface area (Å²) in [5.74, 6) is 0.589. The van der Waals surface area contributed by atoms with Gasteiger partial charge >= 0.3 is 0 Å². The van der Waals surface area contributed by atoms with Crippen molar-refractivity contribution in [2.75, 3.05) is 18.0 Å². The second-order valence-electron chi connectivity index (χ2n) is 5.11. The number of nitrogens with zero attached hydrogens (tertiary/aromatic N) is 2. The van der Waals surface area contributed by atoms with Gasteiger partial charge < -0.3 is 10.2 Å². The van der Waals surface area contributed by atoms with E-state index < -0.39 is 0 Å². The minimum atomic E-state index is -0.0776. The van der Waals surface area contributed by atoms with E-state index in [-0.39, 0.29) is 5.91 Å². The van der Waals surface area contributed by atoms with E-state index in [1.54, 1.807) is 0 Å². The van der Waals surface area contributed by atoms with E-state index in [0.29, 0.717) is 5.84 Å². The normalized spacial score (nSPS) is 16.4. The molecule has 4 nitrogen and oxygen atoms in total. The molecule has 0 radical (unpaired) electrons. The van der Waals surface area contributed by atoms with Crippen molar-refractivity contribution in [3.8, 4) is 0 Å². The molecule has 1 aromatic carbocycles. The predicted molar refractivity (Wildman–Crippen MR) is 82.9 cm³/mol. The summed E-state index contributed by atoms with van der Waals surface area (Å²) in [6.07, 6.45) is 0.900. The number of amides is 1. The Hall–Kier alpha value is -2.10. The molecule has 0 unspecified atom stereocenters. The SMILES string of the molecule is CC(=O)NC(C)=NC1=C(C)CN(c2ccccc2)CC1. The summed E-state index contributed by atoms with van der Waals surface area (Å²) in [7, 11) is 0. The molecule has 1 N–H and O–H groups in total. The number of hydrogen-bond acceptors (Lipinski definition) is 3. The number of nitrogens with one attached hydrogen (secondary N) is 1. The Labute approximate surface area is 120 Å². The van der Waals surface area contributed by atoms with E-state index in [2.05, 4.69) is 46.4 Å². The lowest BCUT2D eigenvalue weighted by Gasteiger charge is -2.30. The van der Waals surface area contributed by atoms with E-state index in [1.165, 1.54) is 18.2 Å². The van der Waals surface area contributed by atoms with Crippen LogP contribution in [-0.4, -0.2) is 24.8 Å². The molecule has 106 valence electrons. The highest BCUT2D eigenvalue weighted by atomic mass is 16.1. The summed E-state index contributed by atoms with van der Waals surface area (Å²) in [6, 6.07) is 10.4. The first kappa shape index (κ1) is 14.3. The highest BCUT2D eigenvalue weighted by Gasteiger charge is 2.16. The zero-order chi connectivity index (χ0) is 14.5. The standard InChI is InChI=1S/C16H21N3O/c1-12-11-19(15-7-5-4-6-8-15)10-9-16(12)18-13(2)17-14(3)20/h4-8H,9-11H2,1-3H3,(H,17,18,20). The van der Waals surface area contributed by atoms with Crippen LogP contribution in [0.15, 0.2) is 46.6 Å². The van der Waals surface area contributed by atoms with E-state index in [9.17, 15) is 4.79 Å². The minimum Gasteiger partial charge on any atom is -0.367 e. The van der Waals surface area contributed by atoms with Crippen molar-refractivity contribution >= 4 is 17.4 Å². The maximum absolute atomic E-state index is 11.0. The number of aliphatic imine (C=N–C) groups is 1. The van der Waals surface area contributed by atoms with Gasteiger partial charge in [-0.15, -0.1) is 0 Å². The molecule has 0 atom stereocenters. The van der Waals surface area contributed by atoms with Crippen LogP contribution in [0, 0.1) is 0 Å². The summed E-state index contributed by atoms with van der Waals surface area (Å²) in [6.45, 7) is 7.27. The van der Waals surface area contributed by atoms with Crippen molar-refractivity contribution in [2.45, 2.75) is 27.2 Å². The molecule has 1 aliphatic heterocycles. The second-order valence-corrected chi connectivity index (χ2v) is 5.11. The zero-order valence-electron chi connectivity index (χ0n) is 12.3. The molecule has 20 heavy (non-hydrogen) atoms. The number of rotatable bonds is 2. The van der Waals surface area contributed by atoms with E-state index in [0.717, 1.165) is 25.2 Å². The van der Waals surface area contributed by atoms with Crippen LogP contribution in [0.3, 0.4) is 0 Å². The third-order valence-electron chi connectivity index (χ3n) is 3.32. The fourth-order valence-corrected chi connectivity index (χ4v) is 2.41. The molecule has 0 saturated heterocycles.